The summed E-state index contributed by atoms with van der Waals surface area (Å²) in [5, 5.41) is 0. The van der Waals surface area contributed by atoms with Crippen molar-refractivity contribution in [2.45, 2.75) is 44.4 Å². The molecule has 0 heterocycles. The van der Waals surface area contributed by atoms with E-state index in [1.807, 2.05) is 67.6 Å². The Morgan fingerprint density at radius 3 is 2.36 bits per heavy atom. The molecule has 0 aliphatic carbocycles. The van der Waals surface area contributed by atoms with E-state index in [9.17, 15) is 9.00 Å². The van der Waals surface area contributed by atoms with Gasteiger partial charge in [-0.2, -0.15) is 0 Å². The van der Waals surface area contributed by atoms with Gasteiger partial charge in [-0.25, -0.2) is 4.21 Å². The van der Waals surface area contributed by atoms with Gasteiger partial charge in [-0.15, -0.1) is 0 Å². The van der Waals surface area contributed by atoms with E-state index in [4.69, 9.17) is 0 Å². The van der Waals surface area contributed by atoms with Crippen LogP contribution in [-0.2, 0) is 15.6 Å². The highest BCUT2D eigenvalue weighted by molar-refractivity contribution is 7.89. The Labute approximate surface area is 153 Å². The van der Waals surface area contributed by atoms with Gasteiger partial charge in [0.1, 0.15) is 6.29 Å². The molecule has 2 rings (SSSR count). The lowest BCUT2D eigenvalue weighted by atomic mass is 9.97. The van der Waals surface area contributed by atoms with Crippen LogP contribution in [0.1, 0.15) is 43.7 Å². The summed E-state index contributed by atoms with van der Waals surface area (Å²) in [6.07, 6.45) is 6.33. The number of benzene rings is 2. The highest BCUT2D eigenvalue weighted by Gasteiger charge is 2.21. The first-order chi connectivity index (χ1) is 12.2. The number of carbonyl (C=O) groups excluding carboxylic acids is 1. The molecule has 2 aromatic rings. The van der Waals surface area contributed by atoms with Crippen LogP contribution in [0.2, 0.25) is 0 Å². The minimum absolute atomic E-state index is 0.0137. The average molecular weight is 355 g/mol. The topological polar surface area (TPSA) is 34.1 Å². The molecular formula is C22H26O2S. The van der Waals surface area contributed by atoms with Gasteiger partial charge in [0.05, 0.1) is 10.8 Å². The minimum Gasteiger partial charge on any atom is -0.303 e. The van der Waals surface area contributed by atoms with Crippen molar-refractivity contribution in [1.29, 1.82) is 0 Å². The number of aldehydes is 1. The molecule has 0 bridgehead atoms. The Kier molecular flexibility index (Phi) is 7.80. The van der Waals surface area contributed by atoms with Gasteiger partial charge in [0.15, 0.2) is 0 Å². The molecular weight excluding hydrogens is 328 g/mol. The molecule has 0 N–H and O–H groups in total. The SMILES string of the molecule is CCCC[C@H](CC=O)/C(=C\c1ccccc1)S(=O)c1ccc(C)cc1. The van der Waals surface area contributed by atoms with E-state index in [0.717, 1.165) is 46.5 Å². The molecule has 25 heavy (non-hydrogen) atoms. The Balaban J connectivity index is 2.42. The summed E-state index contributed by atoms with van der Waals surface area (Å²) in [6.45, 7) is 4.15. The lowest BCUT2D eigenvalue weighted by Crippen LogP contribution is -2.11. The first-order valence-corrected chi connectivity index (χ1v) is 9.99. The third-order valence-corrected chi connectivity index (χ3v) is 5.83. The van der Waals surface area contributed by atoms with Crippen LogP contribution in [0, 0.1) is 12.8 Å². The second-order valence-corrected chi connectivity index (χ2v) is 7.76. The van der Waals surface area contributed by atoms with E-state index in [1.54, 1.807) is 0 Å². The zero-order valence-electron chi connectivity index (χ0n) is 15.0. The first kappa shape index (κ1) is 19.3. The van der Waals surface area contributed by atoms with Crippen molar-refractivity contribution in [2.75, 3.05) is 0 Å². The molecule has 3 heteroatoms. The number of hydrogen-bond acceptors (Lipinski definition) is 2. The van der Waals surface area contributed by atoms with E-state index in [0.29, 0.717) is 6.42 Å². The van der Waals surface area contributed by atoms with E-state index < -0.39 is 10.8 Å². The smallest absolute Gasteiger partial charge is 0.120 e. The molecule has 2 atom stereocenters. The average Bonchev–Trinajstić information content (AvgIpc) is 2.64. The van der Waals surface area contributed by atoms with Crippen LogP contribution in [0.3, 0.4) is 0 Å². The van der Waals surface area contributed by atoms with Crippen molar-refractivity contribution in [3.63, 3.8) is 0 Å². The maximum Gasteiger partial charge on any atom is 0.120 e. The fraction of sp³-hybridized carbons (Fsp3) is 0.318. The van der Waals surface area contributed by atoms with Crippen LogP contribution in [0.5, 0.6) is 0 Å². The molecule has 0 fully saturated rings. The van der Waals surface area contributed by atoms with Crippen molar-refractivity contribution >= 4 is 23.2 Å². The summed E-state index contributed by atoms with van der Waals surface area (Å²) >= 11 is 0. The lowest BCUT2D eigenvalue weighted by Gasteiger charge is -2.18. The highest BCUT2D eigenvalue weighted by Crippen LogP contribution is 2.30. The van der Waals surface area contributed by atoms with Gasteiger partial charge in [0.25, 0.3) is 0 Å². The molecule has 0 radical (unpaired) electrons. The van der Waals surface area contributed by atoms with Crippen molar-refractivity contribution in [3.05, 3.63) is 70.6 Å². The number of allylic oxidation sites excluding steroid dienone is 1. The largest absolute Gasteiger partial charge is 0.303 e. The maximum atomic E-state index is 13.3. The van der Waals surface area contributed by atoms with Crippen LogP contribution in [0.4, 0.5) is 0 Å². The molecule has 0 saturated carbocycles. The van der Waals surface area contributed by atoms with Gasteiger partial charge >= 0.3 is 0 Å². The minimum atomic E-state index is -1.26. The number of hydrogen-bond donors (Lipinski definition) is 0. The van der Waals surface area contributed by atoms with Gasteiger partial charge in [-0.05, 0) is 43.0 Å². The molecule has 0 saturated heterocycles. The number of unbranched alkanes of at least 4 members (excludes halogenated alkanes) is 1. The summed E-state index contributed by atoms with van der Waals surface area (Å²) in [5.74, 6) is 0.0137. The Bertz CT molecular complexity index is 717. The third-order valence-electron chi connectivity index (χ3n) is 4.25. The summed E-state index contributed by atoms with van der Waals surface area (Å²) in [5.41, 5.74) is 2.16. The zero-order valence-corrected chi connectivity index (χ0v) is 15.8. The first-order valence-electron chi connectivity index (χ1n) is 8.84. The van der Waals surface area contributed by atoms with Crippen molar-refractivity contribution in [3.8, 4) is 0 Å². The molecule has 2 nitrogen and oxygen atoms in total. The number of carbonyl (C=O) groups is 1. The van der Waals surface area contributed by atoms with Crippen LogP contribution in [0.15, 0.2) is 64.4 Å². The number of rotatable bonds is 9. The quantitative estimate of drug-likeness (QED) is 0.554. The molecule has 0 aromatic heterocycles. The molecule has 0 aliphatic heterocycles. The van der Waals surface area contributed by atoms with Gasteiger partial charge in [-0.3, -0.25) is 0 Å². The highest BCUT2D eigenvalue weighted by atomic mass is 32.2. The van der Waals surface area contributed by atoms with Gasteiger partial charge in [-0.1, -0.05) is 67.8 Å². The van der Waals surface area contributed by atoms with E-state index >= 15 is 0 Å². The Morgan fingerprint density at radius 2 is 1.76 bits per heavy atom. The van der Waals surface area contributed by atoms with Crippen LogP contribution < -0.4 is 0 Å². The van der Waals surface area contributed by atoms with Crippen molar-refractivity contribution in [2.24, 2.45) is 5.92 Å². The molecule has 132 valence electrons. The van der Waals surface area contributed by atoms with Crippen LogP contribution in [-0.4, -0.2) is 10.5 Å². The normalized spacial score (nSPS) is 14.1. The molecule has 2 aromatic carbocycles. The summed E-state index contributed by atoms with van der Waals surface area (Å²) in [4.78, 5) is 12.8. The predicted molar refractivity (Wildman–Crippen MR) is 106 cm³/mol. The second-order valence-electron chi connectivity index (χ2n) is 6.28. The van der Waals surface area contributed by atoms with E-state index in [1.165, 1.54) is 0 Å². The van der Waals surface area contributed by atoms with Gasteiger partial charge in [0, 0.05) is 16.2 Å². The Morgan fingerprint density at radius 1 is 1.08 bits per heavy atom. The lowest BCUT2D eigenvalue weighted by molar-refractivity contribution is -0.108. The second kappa shape index (κ2) is 10.1. The van der Waals surface area contributed by atoms with E-state index in [2.05, 4.69) is 6.92 Å². The molecule has 0 amide bonds. The predicted octanol–water partition coefficient (Wildman–Crippen LogP) is 5.54. The van der Waals surface area contributed by atoms with E-state index in [-0.39, 0.29) is 5.92 Å². The summed E-state index contributed by atoms with van der Waals surface area (Å²) in [7, 11) is -1.26. The van der Waals surface area contributed by atoms with Gasteiger partial charge < -0.3 is 4.79 Å². The van der Waals surface area contributed by atoms with Crippen molar-refractivity contribution in [1.82, 2.24) is 0 Å². The molecule has 1 unspecified atom stereocenters. The fourth-order valence-electron chi connectivity index (χ4n) is 2.78. The third kappa shape index (κ3) is 5.79. The number of aryl methyl sites for hydroxylation is 1. The standard InChI is InChI=1S/C22H26O2S/c1-3-4-10-20(15-16-23)22(17-19-8-6-5-7-9-19)25(24)21-13-11-18(2)12-14-21/h5-9,11-14,16-17,20H,3-4,10,15H2,1-2H3/b22-17+/t20-,25?/m1/s1. The zero-order chi connectivity index (χ0) is 18.1. The molecule has 0 spiro atoms. The summed E-state index contributed by atoms with van der Waals surface area (Å²) < 4.78 is 13.3. The van der Waals surface area contributed by atoms with Crippen molar-refractivity contribution < 1.29 is 9.00 Å². The maximum absolute atomic E-state index is 13.3. The monoisotopic (exact) mass is 354 g/mol. The van der Waals surface area contributed by atoms with Crippen LogP contribution >= 0.6 is 0 Å². The van der Waals surface area contributed by atoms with Gasteiger partial charge in [0.2, 0.25) is 0 Å². The summed E-state index contributed by atoms with van der Waals surface area (Å²) in [6, 6.07) is 17.7. The van der Waals surface area contributed by atoms with Crippen LogP contribution in [0.25, 0.3) is 6.08 Å². The Hall–Kier alpha value is -2.00. The fourth-order valence-corrected chi connectivity index (χ4v) is 4.19. The molecule has 0 aliphatic rings.